The van der Waals surface area contributed by atoms with Gasteiger partial charge >= 0.3 is 0 Å². The molecular weight excluding hydrogens is 370 g/mol. The quantitative estimate of drug-likeness (QED) is 0.400. The van der Waals surface area contributed by atoms with Crippen molar-refractivity contribution in [1.29, 1.82) is 0 Å². The molecule has 3 aromatic heterocycles. The lowest BCUT2D eigenvalue weighted by molar-refractivity contribution is 0.415. The van der Waals surface area contributed by atoms with E-state index < -0.39 is 0 Å². The van der Waals surface area contributed by atoms with Crippen molar-refractivity contribution in [3.63, 3.8) is 0 Å². The summed E-state index contributed by atoms with van der Waals surface area (Å²) in [6.45, 7) is 0. The number of rotatable bonds is 6. The zero-order valence-corrected chi connectivity index (χ0v) is 15.5. The van der Waals surface area contributed by atoms with Crippen LogP contribution in [0.3, 0.4) is 0 Å². The van der Waals surface area contributed by atoms with Gasteiger partial charge in [0.15, 0.2) is 5.76 Å². The van der Waals surface area contributed by atoms with Crippen LogP contribution in [0.2, 0.25) is 0 Å². The Morgan fingerprint density at radius 1 is 1.27 bits per heavy atom. The van der Waals surface area contributed by atoms with Gasteiger partial charge in [0.2, 0.25) is 11.0 Å². The molecule has 9 heteroatoms. The van der Waals surface area contributed by atoms with Crippen LogP contribution in [-0.4, -0.2) is 27.0 Å². The molecule has 0 saturated carbocycles. The minimum atomic E-state index is 0.493. The molecule has 0 fully saturated rings. The smallest absolute Gasteiger partial charge is 0.218 e. The lowest BCUT2D eigenvalue weighted by Gasteiger charge is -2.02. The first kappa shape index (κ1) is 16.7. The van der Waals surface area contributed by atoms with E-state index in [1.165, 1.54) is 16.4 Å². The van der Waals surface area contributed by atoms with E-state index in [1.54, 1.807) is 36.8 Å². The van der Waals surface area contributed by atoms with Gasteiger partial charge in [0.05, 0.1) is 19.1 Å². The summed E-state index contributed by atoms with van der Waals surface area (Å²) in [5, 5.41) is 11.8. The summed E-state index contributed by atoms with van der Waals surface area (Å²) in [6, 6.07) is 11.4. The molecule has 0 aliphatic carbocycles. The van der Waals surface area contributed by atoms with Crippen LogP contribution in [0.1, 0.15) is 5.69 Å². The molecule has 4 aromatic rings. The predicted octanol–water partition coefficient (Wildman–Crippen LogP) is 3.68. The summed E-state index contributed by atoms with van der Waals surface area (Å²) < 4.78 is 12.0. The monoisotopic (exact) mass is 385 g/mol. The molecule has 26 heavy (non-hydrogen) atoms. The number of ether oxygens (including phenoxy) is 1. The number of thiazole rings is 1. The fourth-order valence-corrected chi connectivity index (χ4v) is 4.02. The third-order valence-electron chi connectivity index (χ3n) is 3.62. The number of benzene rings is 1. The molecule has 0 saturated heterocycles. The van der Waals surface area contributed by atoms with Crippen LogP contribution in [0.15, 0.2) is 57.6 Å². The van der Waals surface area contributed by atoms with E-state index in [9.17, 15) is 0 Å². The van der Waals surface area contributed by atoms with E-state index >= 15 is 0 Å². The van der Waals surface area contributed by atoms with Gasteiger partial charge in [-0.2, -0.15) is 0 Å². The van der Waals surface area contributed by atoms with Crippen LogP contribution in [0, 0.1) is 0 Å². The lowest BCUT2D eigenvalue weighted by Crippen LogP contribution is -2.11. The van der Waals surface area contributed by atoms with E-state index in [1.807, 2.05) is 29.6 Å². The molecule has 4 rings (SSSR count). The van der Waals surface area contributed by atoms with Crippen molar-refractivity contribution in [2.24, 2.45) is 0 Å². The predicted molar refractivity (Wildman–Crippen MR) is 102 cm³/mol. The van der Waals surface area contributed by atoms with Crippen molar-refractivity contribution in [2.75, 3.05) is 13.0 Å². The van der Waals surface area contributed by atoms with Gasteiger partial charge in [-0.1, -0.05) is 23.9 Å². The van der Waals surface area contributed by atoms with E-state index in [0.29, 0.717) is 22.5 Å². The highest BCUT2D eigenvalue weighted by Gasteiger charge is 2.15. The summed E-state index contributed by atoms with van der Waals surface area (Å²) in [5.74, 6) is 8.61. The van der Waals surface area contributed by atoms with Gasteiger partial charge < -0.3 is 15.0 Å². The molecule has 0 unspecified atom stereocenters. The Balaban J connectivity index is 1.47. The Morgan fingerprint density at radius 2 is 2.19 bits per heavy atom. The number of thioether (sulfide) groups is 1. The molecule has 2 N–H and O–H groups in total. The van der Waals surface area contributed by atoms with Crippen molar-refractivity contribution < 1.29 is 9.15 Å². The molecule has 0 bridgehead atoms. The van der Waals surface area contributed by atoms with Crippen LogP contribution in [0.4, 0.5) is 0 Å². The number of nitrogens with zero attached hydrogens (tertiary/aromatic N) is 4. The minimum Gasteiger partial charge on any atom is -0.497 e. The van der Waals surface area contributed by atoms with E-state index in [-0.39, 0.29) is 0 Å². The Kier molecular flexibility index (Phi) is 4.63. The number of furan rings is 1. The zero-order valence-electron chi connectivity index (χ0n) is 13.8. The van der Waals surface area contributed by atoms with Crippen LogP contribution in [0.5, 0.6) is 5.75 Å². The summed E-state index contributed by atoms with van der Waals surface area (Å²) >= 11 is 3.07. The van der Waals surface area contributed by atoms with E-state index in [4.69, 9.17) is 15.0 Å². The zero-order chi connectivity index (χ0) is 17.9. The van der Waals surface area contributed by atoms with Gasteiger partial charge in [0, 0.05) is 16.7 Å². The minimum absolute atomic E-state index is 0.493. The number of hydrogen-bond donors (Lipinski definition) is 1. The SMILES string of the molecule is COc1cccc(-c2nc(CSc3nnc(-c4ccco4)n3N)cs2)c1. The topological polar surface area (TPSA) is 92.0 Å². The Labute approximate surface area is 157 Å². The fraction of sp³-hybridized carbons (Fsp3) is 0.118. The maximum Gasteiger partial charge on any atom is 0.218 e. The molecule has 0 amide bonds. The Morgan fingerprint density at radius 3 is 3.00 bits per heavy atom. The molecule has 132 valence electrons. The second-order valence-electron chi connectivity index (χ2n) is 5.32. The highest BCUT2D eigenvalue weighted by Crippen LogP contribution is 2.29. The fourth-order valence-electron chi connectivity index (χ4n) is 2.35. The average Bonchev–Trinajstić information content (AvgIpc) is 3.41. The van der Waals surface area contributed by atoms with Crippen LogP contribution >= 0.6 is 23.1 Å². The average molecular weight is 385 g/mol. The maximum atomic E-state index is 6.07. The molecule has 3 heterocycles. The molecular formula is C17H15N5O2S2. The lowest BCUT2D eigenvalue weighted by atomic mass is 10.2. The largest absolute Gasteiger partial charge is 0.497 e. The first-order valence-corrected chi connectivity index (χ1v) is 9.57. The highest BCUT2D eigenvalue weighted by molar-refractivity contribution is 7.98. The van der Waals surface area contributed by atoms with Gasteiger partial charge in [-0.25, -0.2) is 9.66 Å². The summed E-state index contributed by atoms with van der Waals surface area (Å²) in [6.07, 6.45) is 1.58. The normalized spacial score (nSPS) is 11.0. The van der Waals surface area contributed by atoms with Gasteiger partial charge in [0.1, 0.15) is 10.8 Å². The summed E-state index contributed by atoms with van der Waals surface area (Å²) in [7, 11) is 1.66. The highest BCUT2D eigenvalue weighted by atomic mass is 32.2. The molecule has 0 aliphatic heterocycles. The molecule has 0 aliphatic rings. The standard InChI is InChI=1S/C17H15N5O2S2/c1-23-13-5-2-4-11(8-13)16-19-12(9-25-16)10-26-17-21-20-15(22(17)18)14-6-3-7-24-14/h2-9H,10,18H2,1H3. The maximum absolute atomic E-state index is 6.07. The molecule has 0 spiro atoms. The van der Waals surface area contributed by atoms with Crippen LogP contribution in [-0.2, 0) is 5.75 Å². The van der Waals surface area contributed by atoms with E-state index in [0.717, 1.165) is 22.0 Å². The second-order valence-corrected chi connectivity index (χ2v) is 7.12. The van der Waals surface area contributed by atoms with Gasteiger partial charge in [-0.05, 0) is 24.3 Å². The van der Waals surface area contributed by atoms with Crippen molar-refractivity contribution in [2.45, 2.75) is 10.9 Å². The van der Waals surface area contributed by atoms with Crippen molar-refractivity contribution in [3.8, 4) is 27.9 Å². The molecule has 0 radical (unpaired) electrons. The van der Waals surface area contributed by atoms with E-state index in [2.05, 4.69) is 15.2 Å². The number of methoxy groups -OCH3 is 1. The summed E-state index contributed by atoms with van der Waals surface area (Å²) in [4.78, 5) is 4.68. The number of aromatic nitrogens is 4. The third kappa shape index (κ3) is 3.31. The Bertz CT molecular complexity index is 1010. The Hall–Kier alpha value is -2.78. The van der Waals surface area contributed by atoms with Crippen LogP contribution < -0.4 is 10.6 Å². The van der Waals surface area contributed by atoms with Crippen molar-refractivity contribution >= 4 is 23.1 Å². The number of nitrogen functional groups attached to an aromatic ring is 1. The molecule has 0 atom stereocenters. The van der Waals surface area contributed by atoms with Crippen molar-refractivity contribution in [1.82, 2.24) is 19.9 Å². The summed E-state index contributed by atoms with van der Waals surface area (Å²) in [5.41, 5.74) is 1.99. The second kappa shape index (κ2) is 7.22. The first-order valence-electron chi connectivity index (χ1n) is 7.70. The number of nitrogens with two attached hydrogens (primary N) is 1. The first-order chi connectivity index (χ1) is 12.7. The van der Waals surface area contributed by atoms with Crippen molar-refractivity contribution in [3.05, 3.63) is 53.7 Å². The van der Waals surface area contributed by atoms with Gasteiger partial charge in [-0.15, -0.1) is 21.5 Å². The van der Waals surface area contributed by atoms with Gasteiger partial charge in [-0.3, -0.25) is 0 Å². The molecule has 1 aromatic carbocycles. The molecule has 7 nitrogen and oxygen atoms in total. The number of hydrogen-bond acceptors (Lipinski definition) is 8. The third-order valence-corrected chi connectivity index (χ3v) is 5.54. The van der Waals surface area contributed by atoms with Gasteiger partial charge in [0.25, 0.3) is 0 Å². The van der Waals surface area contributed by atoms with Crippen LogP contribution in [0.25, 0.3) is 22.2 Å².